The van der Waals surface area contributed by atoms with E-state index in [1.807, 2.05) is 13.0 Å². The van der Waals surface area contributed by atoms with Crippen LogP contribution >= 0.6 is 0 Å². The summed E-state index contributed by atoms with van der Waals surface area (Å²) in [6.07, 6.45) is 1.96. The summed E-state index contributed by atoms with van der Waals surface area (Å²) < 4.78 is 0. The van der Waals surface area contributed by atoms with Crippen LogP contribution in [0.1, 0.15) is 44.0 Å². The number of para-hydroxylation sites is 1. The molecule has 2 rings (SSSR count). The first-order valence-electron chi connectivity index (χ1n) is 7.25. The van der Waals surface area contributed by atoms with Gasteiger partial charge in [-0.3, -0.25) is 4.98 Å². The Morgan fingerprint density at radius 1 is 1.30 bits per heavy atom. The van der Waals surface area contributed by atoms with Crippen LogP contribution in [0.15, 0.2) is 30.3 Å². The van der Waals surface area contributed by atoms with Crippen molar-refractivity contribution in [1.29, 1.82) is 0 Å². The molecule has 1 heterocycles. The second kappa shape index (κ2) is 7.07. The minimum absolute atomic E-state index is 0.272. The molecule has 0 spiro atoms. The summed E-state index contributed by atoms with van der Waals surface area (Å²) in [6.45, 7) is 7.14. The molecule has 0 aliphatic carbocycles. The fourth-order valence-corrected chi connectivity index (χ4v) is 2.44. The van der Waals surface area contributed by atoms with E-state index in [0.717, 1.165) is 30.6 Å². The maximum absolute atomic E-state index is 4.62. The van der Waals surface area contributed by atoms with Gasteiger partial charge in [-0.25, -0.2) is 0 Å². The van der Waals surface area contributed by atoms with Gasteiger partial charge in [-0.15, -0.1) is 11.8 Å². The summed E-state index contributed by atoms with van der Waals surface area (Å²) in [7, 11) is 0. The third-order valence-corrected chi connectivity index (χ3v) is 3.38. The number of aryl methyl sites for hydroxylation is 1. The van der Waals surface area contributed by atoms with Crippen molar-refractivity contribution in [3.63, 3.8) is 0 Å². The lowest BCUT2D eigenvalue weighted by Gasteiger charge is -2.19. The summed E-state index contributed by atoms with van der Waals surface area (Å²) in [4.78, 5) is 4.62. The highest BCUT2D eigenvalue weighted by atomic mass is 14.9. The number of pyridine rings is 1. The molecule has 1 unspecified atom stereocenters. The lowest BCUT2D eigenvalue weighted by molar-refractivity contribution is 0.545. The molecule has 0 radical (unpaired) electrons. The van der Waals surface area contributed by atoms with Crippen molar-refractivity contribution < 1.29 is 0 Å². The fraction of sp³-hybridized carbons (Fsp3) is 0.389. The average Bonchev–Trinajstić information content (AvgIpc) is 2.46. The van der Waals surface area contributed by atoms with E-state index in [-0.39, 0.29) is 6.04 Å². The van der Waals surface area contributed by atoms with E-state index in [0.29, 0.717) is 0 Å². The van der Waals surface area contributed by atoms with Gasteiger partial charge in [0.15, 0.2) is 0 Å². The first-order chi connectivity index (χ1) is 9.76. The zero-order valence-corrected chi connectivity index (χ0v) is 12.5. The molecule has 0 bridgehead atoms. The standard InChI is InChI=1S/C18H22N2/c1-4-6-10-17(19-12-5-2)16-13-14(3)20-18-11-8-7-9-15(16)18/h7-9,11,13,17,19H,5,10,12H2,1-3H3. The number of hydrogen-bond acceptors (Lipinski definition) is 2. The van der Waals surface area contributed by atoms with Gasteiger partial charge >= 0.3 is 0 Å². The molecule has 0 fully saturated rings. The van der Waals surface area contributed by atoms with E-state index in [9.17, 15) is 0 Å². The molecule has 2 nitrogen and oxygen atoms in total. The Balaban J connectivity index is 2.46. The van der Waals surface area contributed by atoms with Crippen LogP contribution in [0.2, 0.25) is 0 Å². The van der Waals surface area contributed by atoms with Gasteiger partial charge in [0.25, 0.3) is 0 Å². The van der Waals surface area contributed by atoms with Gasteiger partial charge in [0.1, 0.15) is 0 Å². The van der Waals surface area contributed by atoms with E-state index in [2.05, 4.69) is 60.3 Å². The van der Waals surface area contributed by atoms with Crippen LogP contribution in [0.4, 0.5) is 0 Å². The third-order valence-electron chi connectivity index (χ3n) is 3.38. The van der Waals surface area contributed by atoms with Crippen molar-refractivity contribution in [3.05, 3.63) is 41.6 Å². The zero-order valence-electron chi connectivity index (χ0n) is 12.5. The van der Waals surface area contributed by atoms with Crippen LogP contribution in [-0.2, 0) is 0 Å². The van der Waals surface area contributed by atoms with Crippen LogP contribution < -0.4 is 5.32 Å². The molecule has 0 aliphatic heterocycles. The molecule has 1 aromatic heterocycles. The topological polar surface area (TPSA) is 24.9 Å². The molecular formula is C18H22N2. The normalized spacial score (nSPS) is 11.9. The highest BCUT2D eigenvalue weighted by Crippen LogP contribution is 2.26. The van der Waals surface area contributed by atoms with Gasteiger partial charge in [0.2, 0.25) is 0 Å². The first kappa shape index (κ1) is 14.6. The Morgan fingerprint density at radius 2 is 2.10 bits per heavy atom. The second-order valence-electron chi connectivity index (χ2n) is 5.01. The van der Waals surface area contributed by atoms with Crippen LogP contribution in [0, 0.1) is 18.8 Å². The van der Waals surface area contributed by atoms with Crippen LogP contribution in [0.25, 0.3) is 10.9 Å². The third kappa shape index (κ3) is 3.37. The zero-order chi connectivity index (χ0) is 14.4. The van der Waals surface area contributed by atoms with Gasteiger partial charge in [-0.2, -0.15) is 0 Å². The molecule has 2 heteroatoms. The van der Waals surface area contributed by atoms with E-state index in [1.165, 1.54) is 10.9 Å². The predicted octanol–water partition coefficient (Wildman–Crippen LogP) is 4.00. The Kier molecular flexibility index (Phi) is 5.15. The fourth-order valence-electron chi connectivity index (χ4n) is 2.44. The van der Waals surface area contributed by atoms with Crippen LogP contribution in [0.3, 0.4) is 0 Å². The quantitative estimate of drug-likeness (QED) is 0.827. The molecule has 104 valence electrons. The molecule has 1 atom stereocenters. The number of aromatic nitrogens is 1. The molecule has 2 aromatic rings. The van der Waals surface area contributed by atoms with E-state index < -0.39 is 0 Å². The molecule has 0 aliphatic rings. The van der Waals surface area contributed by atoms with Crippen molar-refractivity contribution in [2.24, 2.45) is 0 Å². The lowest BCUT2D eigenvalue weighted by atomic mass is 9.98. The van der Waals surface area contributed by atoms with Gasteiger partial charge in [0, 0.05) is 23.5 Å². The smallest absolute Gasteiger partial charge is 0.0708 e. The maximum atomic E-state index is 4.62. The number of fused-ring (bicyclic) bond motifs is 1. The number of rotatable bonds is 5. The molecule has 20 heavy (non-hydrogen) atoms. The Hall–Kier alpha value is -1.85. The summed E-state index contributed by atoms with van der Waals surface area (Å²) >= 11 is 0. The molecule has 0 amide bonds. The van der Waals surface area contributed by atoms with Crippen molar-refractivity contribution >= 4 is 10.9 Å². The number of hydrogen-bond donors (Lipinski definition) is 1. The largest absolute Gasteiger partial charge is 0.309 e. The van der Waals surface area contributed by atoms with Gasteiger partial charge < -0.3 is 5.32 Å². The van der Waals surface area contributed by atoms with Crippen LogP contribution in [0.5, 0.6) is 0 Å². The summed E-state index contributed by atoms with van der Waals surface area (Å²) in [5.74, 6) is 6.21. The summed E-state index contributed by atoms with van der Waals surface area (Å²) in [5.41, 5.74) is 3.44. The average molecular weight is 266 g/mol. The summed E-state index contributed by atoms with van der Waals surface area (Å²) in [6, 6.07) is 10.8. The maximum Gasteiger partial charge on any atom is 0.0708 e. The van der Waals surface area contributed by atoms with Gasteiger partial charge in [-0.1, -0.05) is 25.1 Å². The number of nitrogens with one attached hydrogen (secondary N) is 1. The monoisotopic (exact) mass is 266 g/mol. The highest BCUT2D eigenvalue weighted by Gasteiger charge is 2.13. The van der Waals surface area contributed by atoms with Gasteiger partial charge in [-0.05, 0) is 44.5 Å². The number of benzene rings is 1. The molecule has 0 saturated carbocycles. The molecule has 0 saturated heterocycles. The summed E-state index contributed by atoms with van der Waals surface area (Å²) in [5, 5.41) is 4.84. The SMILES string of the molecule is CC#CCC(NCCC)c1cc(C)nc2ccccc12. The van der Waals surface area contributed by atoms with Crippen molar-refractivity contribution in [3.8, 4) is 11.8 Å². The Labute approximate surface area is 121 Å². The minimum Gasteiger partial charge on any atom is -0.309 e. The molecule has 1 aromatic carbocycles. The first-order valence-corrected chi connectivity index (χ1v) is 7.25. The Morgan fingerprint density at radius 3 is 2.85 bits per heavy atom. The number of nitrogens with zero attached hydrogens (tertiary/aromatic N) is 1. The highest BCUT2D eigenvalue weighted by molar-refractivity contribution is 5.82. The van der Waals surface area contributed by atoms with Crippen molar-refractivity contribution in [2.45, 2.75) is 39.7 Å². The van der Waals surface area contributed by atoms with E-state index >= 15 is 0 Å². The lowest BCUT2D eigenvalue weighted by Crippen LogP contribution is -2.22. The van der Waals surface area contributed by atoms with E-state index in [4.69, 9.17) is 0 Å². The van der Waals surface area contributed by atoms with Crippen molar-refractivity contribution in [2.75, 3.05) is 6.54 Å². The molecule has 1 N–H and O–H groups in total. The van der Waals surface area contributed by atoms with Crippen molar-refractivity contribution in [1.82, 2.24) is 10.3 Å². The Bertz CT molecular complexity index is 635. The van der Waals surface area contributed by atoms with Gasteiger partial charge in [0.05, 0.1) is 5.52 Å². The predicted molar refractivity (Wildman–Crippen MR) is 85.6 cm³/mol. The molecular weight excluding hydrogens is 244 g/mol. The van der Waals surface area contributed by atoms with Crippen LogP contribution in [-0.4, -0.2) is 11.5 Å². The van der Waals surface area contributed by atoms with E-state index in [1.54, 1.807) is 0 Å². The second-order valence-corrected chi connectivity index (χ2v) is 5.01. The minimum atomic E-state index is 0.272.